The molecule has 0 fully saturated rings. The Hall–Kier alpha value is -1.23. The Bertz CT molecular complexity index is 352. The van der Waals surface area contributed by atoms with Crippen molar-refractivity contribution in [1.29, 1.82) is 0 Å². The number of aromatic hydroxyl groups is 1. The van der Waals surface area contributed by atoms with Crippen LogP contribution >= 0.6 is 15.9 Å². The van der Waals surface area contributed by atoms with Crippen LogP contribution in [0, 0.1) is 0 Å². The lowest BCUT2D eigenvalue weighted by molar-refractivity contribution is 0.102. The van der Waals surface area contributed by atoms with Crippen molar-refractivity contribution in [2.45, 2.75) is 0 Å². The van der Waals surface area contributed by atoms with E-state index in [0.717, 1.165) is 0 Å². The van der Waals surface area contributed by atoms with Crippen LogP contribution in [0.5, 0.6) is 5.75 Å². The van der Waals surface area contributed by atoms with Crippen molar-refractivity contribution in [2.75, 3.05) is 16.8 Å². The van der Waals surface area contributed by atoms with Crippen LogP contribution < -0.4 is 11.5 Å². The molecule has 0 amide bonds. The number of nitrogen functional groups attached to an aromatic ring is 2. The number of alkyl halides is 1. The van der Waals surface area contributed by atoms with Gasteiger partial charge in [0.2, 0.25) is 0 Å². The number of ketones is 1. The highest BCUT2D eigenvalue weighted by Gasteiger charge is 2.13. The van der Waals surface area contributed by atoms with Gasteiger partial charge in [0, 0.05) is 0 Å². The molecule has 0 spiro atoms. The van der Waals surface area contributed by atoms with E-state index in [2.05, 4.69) is 15.9 Å². The Balaban J connectivity index is 3.26. The number of hydrogen-bond donors (Lipinski definition) is 3. The Morgan fingerprint density at radius 2 is 2.08 bits per heavy atom. The Morgan fingerprint density at radius 3 is 2.62 bits per heavy atom. The molecule has 0 bridgehead atoms. The molecule has 0 unspecified atom stereocenters. The number of halogens is 1. The van der Waals surface area contributed by atoms with Crippen molar-refractivity contribution in [3.8, 4) is 5.75 Å². The average Bonchev–Trinajstić information content (AvgIpc) is 2.13. The molecule has 0 saturated carbocycles. The van der Waals surface area contributed by atoms with Gasteiger partial charge >= 0.3 is 0 Å². The van der Waals surface area contributed by atoms with E-state index in [9.17, 15) is 9.90 Å². The molecule has 4 nitrogen and oxygen atoms in total. The number of rotatable bonds is 2. The summed E-state index contributed by atoms with van der Waals surface area (Å²) in [5.41, 5.74) is 11.4. The van der Waals surface area contributed by atoms with Gasteiger partial charge < -0.3 is 16.6 Å². The van der Waals surface area contributed by atoms with Crippen molar-refractivity contribution in [1.82, 2.24) is 0 Å². The lowest BCUT2D eigenvalue weighted by Gasteiger charge is -2.06. The Labute approximate surface area is 83.7 Å². The van der Waals surface area contributed by atoms with E-state index in [4.69, 9.17) is 11.5 Å². The van der Waals surface area contributed by atoms with E-state index in [1.54, 1.807) is 0 Å². The van der Waals surface area contributed by atoms with Gasteiger partial charge in [0.15, 0.2) is 11.5 Å². The maximum absolute atomic E-state index is 11.2. The molecule has 70 valence electrons. The van der Waals surface area contributed by atoms with Crippen LogP contribution in [-0.4, -0.2) is 16.2 Å². The maximum Gasteiger partial charge on any atom is 0.177 e. The van der Waals surface area contributed by atoms with Crippen molar-refractivity contribution < 1.29 is 9.90 Å². The molecule has 1 aromatic rings. The second kappa shape index (κ2) is 3.66. The van der Waals surface area contributed by atoms with Gasteiger partial charge in [-0.1, -0.05) is 15.9 Å². The Morgan fingerprint density at radius 1 is 1.46 bits per heavy atom. The molecule has 1 aromatic carbocycles. The molecule has 0 heterocycles. The molecule has 1 rings (SSSR count). The number of hydrogen-bond acceptors (Lipinski definition) is 4. The van der Waals surface area contributed by atoms with Crippen LogP contribution in [0.15, 0.2) is 12.1 Å². The van der Waals surface area contributed by atoms with E-state index in [1.807, 2.05) is 0 Å². The van der Waals surface area contributed by atoms with Crippen LogP contribution in [0.1, 0.15) is 10.4 Å². The summed E-state index contributed by atoms with van der Waals surface area (Å²) < 4.78 is 0. The van der Waals surface area contributed by atoms with Crippen molar-refractivity contribution in [3.63, 3.8) is 0 Å². The van der Waals surface area contributed by atoms with Gasteiger partial charge in [0.25, 0.3) is 0 Å². The van der Waals surface area contributed by atoms with Gasteiger partial charge in [-0.15, -0.1) is 0 Å². The summed E-state index contributed by atoms with van der Waals surface area (Å²) in [7, 11) is 0. The zero-order valence-corrected chi connectivity index (χ0v) is 8.34. The van der Waals surface area contributed by atoms with E-state index in [0.29, 0.717) is 0 Å². The fourth-order valence-electron chi connectivity index (χ4n) is 0.921. The molecule has 0 aliphatic rings. The minimum Gasteiger partial charge on any atom is -0.505 e. The van der Waals surface area contributed by atoms with E-state index >= 15 is 0 Å². The summed E-state index contributed by atoms with van der Waals surface area (Å²) in [6, 6.07) is 2.94. The quantitative estimate of drug-likeness (QED) is 0.315. The first-order valence-electron chi connectivity index (χ1n) is 3.54. The largest absolute Gasteiger partial charge is 0.505 e. The smallest absolute Gasteiger partial charge is 0.177 e. The topological polar surface area (TPSA) is 89.3 Å². The first-order valence-corrected chi connectivity index (χ1v) is 4.66. The van der Waals surface area contributed by atoms with Gasteiger partial charge in [0.05, 0.1) is 22.3 Å². The second-order valence-corrected chi connectivity index (χ2v) is 3.08. The van der Waals surface area contributed by atoms with Gasteiger partial charge in [-0.05, 0) is 12.1 Å². The van der Waals surface area contributed by atoms with E-state index < -0.39 is 0 Å². The highest BCUT2D eigenvalue weighted by atomic mass is 79.9. The number of anilines is 2. The van der Waals surface area contributed by atoms with Crippen molar-refractivity contribution in [3.05, 3.63) is 17.7 Å². The highest BCUT2D eigenvalue weighted by molar-refractivity contribution is 9.09. The minimum absolute atomic E-state index is 0.0480. The lowest BCUT2D eigenvalue weighted by Crippen LogP contribution is -2.04. The number of benzene rings is 1. The number of Topliss-reactive ketones (excluding diaryl/α,β-unsaturated/α-hetero) is 1. The van der Waals surface area contributed by atoms with Crippen molar-refractivity contribution in [2.24, 2.45) is 0 Å². The highest BCUT2D eigenvalue weighted by Crippen LogP contribution is 2.30. The van der Waals surface area contributed by atoms with Crippen LogP contribution in [0.25, 0.3) is 0 Å². The maximum atomic E-state index is 11.2. The van der Waals surface area contributed by atoms with Gasteiger partial charge in [-0.25, -0.2) is 0 Å². The first-order chi connectivity index (χ1) is 6.07. The van der Waals surface area contributed by atoms with Crippen LogP contribution in [-0.2, 0) is 0 Å². The molecule has 0 saturated heterocycles. The molecule has 0 aliphatic carbocycles. The SMILES string of the molecule is Nc1ccc(C(=O)CBr)c(O)c1N. The first kappa shape index (κ1) is 9.85. The lowest BCUT2D eigenvalue weighted by atomic mass is 10.1. The molecule has 5 N–H and O–H groups in total. The van der Waals surface area contributed by atoms with Crippen molar-refractivity contribution >= 4 is 33.1 Å². The molecular weight excluding hydrogens is 236 g/mol. The van der Waals surface area contributed by atoms with Gasteiger partial charge in [0.1, 0.15) is 0 Å². The molecular formula is C8H9BrN2O2. The monoisotopic (exact) mass is 244 g/mol. The third kappa shape index (κ3) is 1.75. The summed E-state index contributed by atoms with van der Waals surface area (Å²) in [6.45, 7) is 0. The predicted molar refractivity (Wildman–Crippen MR) is 55.1 cm³/mol. The summed E-state index contributed by atoms with van der Waals surface area (Å²) in [5, 5.41) is 9.58. The average molecular weight is 245 g/mol. The second-order valence-electron chi connectivity index (χ2n) is 2.52. The predicted octanol–water partition coefficient (Wildman–Crippen LogP) is 1.13. The molecule has 5 heteroatoms. The van der Waals surface area contributed by atoms with E-state index in [1.165, 1.54) is 12.1 Å². The fourth-order valence-corrected chi connectivity index (χ4v) is 1.22. The molecule has 0 aromatic heterocycles. The summed E-state index contributed by atoms with van der Waals surface area (Å²) in [6.07, 6.45) is 0. The van der Waals surface area contributed by atoms with Crippen LogP contribution in [0.3, 0.4) is 0 Å². The van der Waals surface area contributed by atoms with Gasteiger partial charge in [-0.3, -0.25) is 4.79 Å². The number of carbonyl (C=O) groups excluding carboxylic acids is 1. The van der Waals surface area contributed by atoms with Crippen LogP contribution in [0.2, 0.25) is 0 Å². The van der Waals surface area contributed by atoms with Crippen LogP contribution in [0.4, 0.5) is 11.4 Å². The normalized spacial score (nSPS) is 9.92. The number of phenols is 1. The number of nitrogens with two attached hydrogens (primary N) is 2. The molecule has 13 heavy (non-hydrogen) atoms. The molecule has 0 aliphatic heterocycles. The fraction of sp³-hybridized carbons (Fsp3) is 0.125. The summed E-state index contributed by atoms with van der Waals surface area (Å²) in [4.78, 5) is 11.2. The third-order valence-electron chi connectivity index (χ3n) is 1.67. The zero-order valence-electron chi connectivity index (χ0n) is 6.75. The summed E-state index contributed by atoms with van der Waals surface area (Å²) >= 11 is 3.00. The third-order valence-corrected chi connectivity index (χ3v) is 2.18. The minimum atomic E-state index is -0.246. The summed E-state index contributed by atoms with van der Waals surface area (Å²) in [5.74, 6) is -0.478. The number of phenolic OH excluding ortho intramolecular Hbond substituents is 1. The van der Waals surface area contributed by atoms with Gasteiger partial charge in [-0.2, -0.15) is 0 Å². The number of carbonyl (C=O) groups is 1. The molecule has 0 atom stereocenters. The Kier molecular flexibility index (Phi) is 2.77. The standard InChI is InChI=1S/C8H9BrN2O2/c9-3-6(12)4-1-2-5(10)7(11)8(4)13/h1-2,13H,3,10-11H2. The molecule has 0 radical (unpaired) electrons. The van der Waals surface area contributed by atoms with E-state index in [-0.39, 0.29) is 33.8 Å². The zero-order chi connectivity index (χ0) is 10.0.